The fourth-order valence-corrected chi connectivity index (χ4v) is 1.78. The third-order valence-electron chi connectivity index (χ3n) is 2.54. The highest BCUT2D eigenvalue weighted by molar-refractivity contribution is 5.91. The van der Waals surface area contributed by atoms with Gasteiger partial charge in [0.25, 0.3) is 0 Å². The summed E-state index contributed by atoms with van der Waals surface area (Å²) in [5, 5.41) is 19.7. The SMILES string of the molecule is CC(=O)c1c(C)[n+](O)c2ccccc2[n+]1O. The molecule has 0 fully saturated rings. The Kier molecular flexibility index (Phi) is 2.23. The lowest BCUT2D eigenvalue weighted by Crippen LogP contribution is -2.48. The van der Waals surface area contributed by atoms with Crippen LogP contribution >= 0.6 is 0 Å². The molecule has 0 radical (unpaired) electrons. The molecule has 0 atom stereocenters. The van der Waals surface area contributed by atoms with Gasteiger partial charge in [0, 0.05) is 35.4 Å². The number of nitrogens with zero attached hydrogens (tertiary/aromatic N) is 2. The van der Waals surface area contributed by atoms with E-state index in [9.17, 15) is 15.2 Å². The minimum Gasteiger partial charge on any atom is -0.287 e. The van der Waals surface area contributed by atoms with Crippen LogP contribution < -0.4 is 9.46 Å². The smallest absolute Gasteiger partial charge is 0.287 e. The van der Waals surface area contributed by atoms with Crippen LogP contribution in [0, 0.1) is 6.92 Å². The molecule has 5 heteroatoms. The first-order chi connectivity index (χ1) is 7.54. The van der Waals surface area contributed by atoms with Gasteiger partial charge in [-0.2, -0.15) is 0 Å². The molecule has 2 aromatic rings. The zero-order valence-corrected chi connectivity index (χ0v) is 9.01. The van der Waals surface area contributed by atoms with Crippen molar-refractivity contribution in [1.29, 1.82) is 0 Å². The van der Waals surface area contributed by atoms with Gasteiger partial charge in [-0.3, -0.25) is 15.2 Å². The number of ketones is 1. The van der Waals surface area contributed by atoms with Crippen molar-refractivity contribution in [1.82, 2.24) is 0 Å². The predicted octanol–water partition coefficient (Wildman–Crippen LogP) is 0.400. The second kappa shape index (κ2) is 3.44. The monoisotopic (exact) mass is 220 g/mol. The van der Waals surface area contributed by atoms with Crippen LogP contribution in [0.4, 0.5) is 0 Å². The molecule has 0 aliphatic heterocycles. The molecule has 82 valence electrons. The summed E-state index contributed by atoms with van der Waals surface area (Å²) in [6.45, 7) is 2.90. The van der Waals surface area contributed by atoms with E-state index in [0.29, 0.717) is 16.7 Å². The van der Waals surface area contributed by atoms with Crippen molar-refractivity contribution >= 4 is 16.8 Å². The molecule has 1 aromatic carbocycles. The van der Waals surface area contributed by atoms with Crippen molar-refractivity contribution < 1.29 is 24.7 Å². The first-order valence-corrected chi connectivity index (χ1v) is 4.83. The highest BCUT2D eigenvalue weighted by Crippen LogP contribution is 2.07. The molecular formula is C11H12N2O3+2. The Hall–Kier alpha value is -2.17. The van der Waals surface area contributed by atoms with E-state index < -0.39 is 0 Å². The van der Waals surface area contributed by atoms with Crippen LogP contribution in [0.2, 0.25) is 0 Å². The number of carbonyl (C=O) groups excluding carboxylic acids is 1. The van der Waals surface area contributed by atoms with Crippen molar-refractivity contribution in [3.05, 3.63) is 35.7 Å². The van der Waals surface area contributed by atoms with Gasteiger partial charge in [-0.1, -0.05) is 12.1 Å². The van der Waals surface area contributed by atoms with E-state index in [1.54, 1.807) is 31.2 Å². The number of carbonyl (C=O) groups is 1. The van der Waals surface area contributed by atoms with Crippen LogP contribution in [0.25, 0.3) is 11.0 Å². The first-order valence-electron chi connectivity index (χ1n) is 4.83. The van der Waals surface area contributed by atoms with Crippen molar-refractivity contribution in [2.45, 2.75) is 13.8 Å². The minimum absolute atomic E-state index is 0.0706. The Morgan fingerprint density at radius 3 is 2.12 bits per heavy atom. The van der Waals surface area contributed by atoms with E-state index in [1.807, 2.05) is 0 Å². The summed E-state index contributed by atoms with van der Waals surface area (Å²) in [6.07, 6.45) is 0. The minimum atomic E-state index is -0.312. The van der Waals surface area contributed by atoms with Gasteiger partial charge in [-0.25, -0.2) is 0 Å². The van der Waals surface area contributed by atoms with Gasteiger partial charge in [-0.15, -0.1) is 0 Å². The molecular weight excluding hydrogens is 208 g/mol. The molecule has 1 aromatic heterocycles. The fourth-order valence-electron chi connectivity index (χ4n) is 1.78. The standard InChI is InChI=1S/C11H12N2O3/c1-7-11(8(2)14)13(16)10-6-4-3-5-9(10)12(7)15/h3-6,15-16H,1-2H3/q+2. The third-order valence-corrected chi connectivity index (χ3v) is 2.54. The predicted molar refractivity (Wildman–Crippen MR) is 53.4 cm³/mol. The molecule has 0 aliphatic rings. The Morgan fingerprint density at radius 2 is 1.62 bits per heavy atom. The summed E-state index contributed by atoms with van der Waals surface area (Å²) >= 11 is 0. The van der Waals surface area contributed by atoms with Gasteiger partial charge in [0.05, 0.1) is 0 Å². The lowest BCUT2D eigenvalue weighted by atomic mass is 10.2. The summed E-state index contributed by atoms with van der Waals surface area (Å²) < 4.78 is 1.71. The lowest BCUT2D eigenvalue weighted by molar-refractivity contribution is -0.924. The average Bonchev–Trinajstić information content (AvgIpc) is 2.26. The maximum Gasteiger partial charge on any atom is 0.371 e. The molecule has 5 nitrogen and oxygen atoms in total. The molecule has 0 saturated carbocycles. The Bertz CT molecular complexity index is 593. The summed E-state index contributed by atoms with van der Waals surface area (Å²) in [6, 6.07) is 6.73. The normalized spacial score (nSPS) is 10.6. The lowest BCUT2D eigenvalue weighted by Gasteiger charge is -1.97. The quantitative estimate of drug-likeness (QED) is 0.415. The van der Waals surface area contributed by atoms with Gasteiger partial charge in [0.1, 0.15) is 0 Å². The van der Waals surface area contributed by atoms with E-state index in [2.05, 4.69) is 0 Å². The maximum absolute atomic E-state index is 11.4. The number of benzene rings is 1. The van der Waals surface area contributed by atoms with E-state index in [-0.39, 0.29) is 11.5 Å². The van der Waals surface area contributed by atoms with Crippen molar-refractivity contribution in [3.8, 4) is 0 Å². The maximum atomic E-state index is 11.4. The molecule has 0 amide bonds. The molecule has 16 heavy (non-hydrogen) atoms. The molecule has 0 aliphatic carbocycles. The number of hydrogen-bond acceptors (Lipinski definition) is 3. The molecule has 2 N–H and O–H groups in total. The number of hydrogen-bond donors (Lipinski definition) is 2. The first kappa shape index (κ1) is 10.4. The summed E-state index contributed by atoms with van der Waals surface area (Å²) in [5.41, 5.74) is 1.18. The molecule has 0 saturated heterocycles. The van der Waals surface area contributed by atoms with E-state index in [0.717, 1.165) is 9.46 Å². The molecule has 0 bridgehead atoms. The Labute approximate surface area is 91.7 Å². The van der Waals surface area contributed by atoms with Gasteiger partial charge >= 0.3 is 22.4 Å². The van der Waals surface area contributed by atoms with Crippen molar-refractivity contribution in [2.75, 3.05) is 0 Å². The number of fused-ring (bicyclic) bond motifs is 1. The second-order valence-corrected chi connectivity index (χ2v) is 3.60. The summed E-state index contributed by atoms with van der Waals surface area (Å²) in [4.78, 5) is 11.4. The van der Waals surface area contributed by atoms with Crippen LogP contribution in [0.15, 0.2) is 24.3 Å². The van der Waals surface area contributed by atoms with E-state index >= 15 is 0 Å². The third kappa shape index (κ3) is 1.29. The molecule has 2 rings (SSSR count). The van der Waals surface area contributed by atoms with E-state index in [1.165, 1.54) is 6.92 Å². The van der Waals surface area contributed by atoms with Gasteiger partial charge in [0.2, 0.25) is 5.78 Å². The Balaban J connectivity index is 3.00. The van der Waals surface area contributed by atoms with Crippen LogP contribution in [0.5, 0.6) is 0 Å². The van der Waals surface area contributed by atoms with Crippen molar-refractivity contribution in [2.24, 2.45) is 0 Å². The van der Waals surface area contributed by atoms with Crippen LogP contribution in [-0.2, 0) is 0 Å². The highest BCUT2D eigenvalue weighted by atomic mass is 16.5. The highest BCUT2D eigenvalue weighted by Gasteiger charge is 2.34. The fraction of sp³-hybridized carbons (Fsp3) is 0.182. The van der Waals surface area contributed by atoms with Crippen LogP contribution in [-0.4, -0.2) is 16.2 Å². The number of para-hydroxylation sites is 2. The average molecular weight is 220 g/mol. The number of rotatable bonds is 1. The topological polar surface area (TPSA) is 65.3 Å². The Morgan fingerprint density at radius 1 is 1.12 bits per heavy atom. The molecule has 1 heterocycles. The zero-order chi connectivity index (χ0) is 11.9. The second-order valence-electron chi connectivity index (χ2n) is 3.60. The van der Waals surface area contributed by atoms with Crippen LogP contribution in [0.1, 0.15) is 23.1 Å². The van der Waals surface area contributed by atoms with Gasteiger partial charge < -0.3 is 0 Å². The molecule has 0 unspecified atom stereocenters. The number of aromatic nitrogens is 2. The summed E-state index contributed by atoms with van der Waals surface area (Å²) in [7, 11) is 0. The summed E-state index contributed by atoms with van der Waals surface area (Å²) in [5.74, 6) is -0.312. The largest absolute Gasteiger partial charge is 0.371 e. The van der Waals surface area contributed by atoms with Gasteiger partial charge in [-0.05, 0) is 0 Å². The zero-order valence-electron chi connectivity index (χ0n) is 9.01. The van der Waals surface area contributed by atoms with Crippen LogP contribution in [0.3, 0.4) is 0 Å². The molecule has 0 spiro atoms. The van der Waals surface area contributed by atoms with E-state index in [4.69, 9.17) is 0 Å². The van der Waals surface area contributed by atoms with Gasteiger partial charge in [0.15, 0.2) is 0 Å². The van der Waals surface area contributed by atoms with Crippen molar-refractivity contribution in [3.63, 3.8) is 0 Å². The number of Topliss-reactive ketones (excluding diaryl/α,β-unsaturated/α-hetero) is 1.